The molecule has 0 aliphatic rings. The van der Waals surface area contributed by atoms with Crippen molar-refractivity contribution < 1.29 is 4.42 Å². The maximum Gasteiger partial charge on any atom is 0.136 e. The Kier molecular flexibility index (Phi) is 6.39. The predicted octanol–water partition coefficient (Wildman–Crippen LogP) is 13.9. The lowest BCUT2D eigenvalue weighted by molar-refractivity contribution is 0.669. The number of furan rings is 1. The van der Waals surface area contributed by atoms with Crippen molar-refractivity contribution in [1.82, 2.24) is 0 Å². The van der Waals surface area contributed by atoms with Crippen LogP contribution >= 0.6 is 11.3 Å². The number of anilines is 3. The molecular weight excluding hydrogens is 615 g/mol. The Hall–Kier alpha value is -6.16. The zero-order valence-electron chi connectivity index (χ0n) is 26.5. The molecule has 2 aromatic heterocycles. The lowest BCUT2D eigenvalue weighted by Crippen LogP contribution is -2.09. The van der Waals surface area contributed by atoms with E-state index in [0.717, 1.165) is 33.6 Å². The van der Waals surface area contributed by atoms with Gasteiger partial charge in [-0.1, -0.05) is 115 Å². The van der Waals surface area contributed by atoms with E-state index in [1.165, 1.54) is 58.6 Å². The van der Waals surface area contributed by atoms with E-state index < -0.39 is 0 Å². The summed E-state index contributed by atoms with van der Waals surface area (Å²) in [7, 11) is 0. The summed E-state index contributed by atoms with van der Waals surface area (Å²) in [5.74, 6) is 0. The highest BCUT2D eigenvalue weighted by Crippen LogP contribution is 2.42. The minimum Gasteiger partial charge on any atom is -0.456 e. The molecule has 0 atom stereocenters. The summed E-state index contributed by atoms with van der Waals surface area (Å²) >= 11 is 1.87. The van der Waals surface area contributed by atoms with Crippen LogP contribution in [-0.2, 0) is 0 Å². The van der Waals surface area contributed by atoms with Crippen LogP contribution in [0.1, 0.15) is 0 Å². The van der Waals surface area contributed by atoms with Gasteiger partial charge in [-0.2, -0.15) is 0 Å². The first-order valence-corrected chi connectivity index (χ1v) is 17.4. The van der Waals surface area contributed by atoms with E-state index in [9.17, 15) is 0 Å². The van der Waals surface area contributed by atoms with Crippen LogP contribution in [0.3, 0.4) is 0 Å². The van der Waals surface area contributed by atoms with Crippen LogP contribution in [0.25, 0.3) is 75.1 Å². The van der Waals surface area contributed by atoms with E-state index in [1.54, 1.807) is 0 Å². The van der Waals surface area contributed by atoms with Gasteiger partial charge in [0.1, 0.15) is 11.2 Å². The molecule has 230 valence electrons. The zero-order chi connectivity index (χ0) is 32.3. The Morgan fingerprint density at radius 1 is 0.408 bits per heavy atom. The lowest BCUT2D eigenvalue weighted by atomic mass is 9.98. The van der Waals surface area contributed by atoms with Crippen molar-refractivity contribution in [2.45, 2.75) is 0 Å². The fourth-order valence-corrected chi connectivity index (χ4v) is 8.55. The van der Waals surface area contributed by atoms with Gasteiger partial charge in [0.2, 0.25) is 0 Å². The molecule has 0 aliphatic carbocycles. The summed E-state index contributed by atoms with van der Waals surface area (Å²) < 4.78 is 8.85. The summed E-state index contributed by atoms with van der Waals surface area (Å²) in [5.41, 5.74) is 10.0. The quantitative estimate of drug-likeness (QED) is 0.186. The number of para-hydroxylation sites is 2. The number of thiophene rings is 1. The highest BCUT2D eigenvalue weighted by Gasteiger charge is 2.16. The fourth-order valence-electron chi connectivity index (χ4n) is 7.31. The molecule has 10 rings (SSSR count). The van der Waals surface area contributed by atoms with Gasteiger partial charge in [-0.15, -0.1) is 11.3 Å². The number of nitrogens with zero attached hydrogens (tertiary/aromatic N) is 1. The fraction of sp³-hybridized carbons (Fsp3) is 0. The summed E-state index contributed by atoms with van der Waals surface area (Å²) in [5, 5.41) is 7.39. The maximum atomic E-state index is 6.19. The van der Waals surface area contributed by atoms with Gasteiger partial charge in [-0.05, 0) is 93.7 Å². The number of benzene rings is 8. The molecule has 2 heterocycles. The van der Waals surface area contributed by atoms with Gasteiger partial charge >= 0.3 is 0 Å². The first kappa shape index (κ1) is 27.9. The zero-order valence-corrected chi connectivity index (χ0v) is 27.3. The van der Waals surface area contributed by atoms with Crippen LogP contribution in [0, 0.1) is 0 Å². The molecule has 3 heteroatoms. The molecule has 0 amide bonds. The summed E-state index contributed by atoms with van der Waals surface area (Å²) in [6.45, 7) is 0. The molecule has 2 nitrogen and oxygen atoms in total. The molecule has 0 spiro atoms. The van der Waals surface area contributed by atoms with Gasteiger partial charge < -0.3 is 9.32 Å². The van der Waals surface area contributed by atoms with E-state index in [4.69, 9.17) is 4.42 Å². The van der Waals surface area contributed by atoms with Crippen LogP contribution < -0.4 is 4.90 Å². The Bertz CT molecular complexity index is 2810. The molecule has 8 aromatic carbocycles. The van der Waals surface area contributed by atoms with E-state index >= 15 is 0 Å². The van der Waals surface area contributed by atoms with E-state index in [-0.39, 0.29) is 0 Å². The van der Waals surface area contributed by atoms with Crippen LogP contribution in [-0.4, -0.2) is 0 Å². The standard InChI is InChI=1S/C46H29NOS/c1-2-9-34(10-3-1)47(36-26-21-31(22-27-36)37-13-8-14-39-38-11-5-7-16-44(38)49-46(37)39)35-24-19-30(20-25-35)33-18-17-32-23-28-43-45(41(32)29-33)40-12-4-6-15-42(40)48-43/h1-29H. The smallest absolute Gasteiger partial charge is 0.136 e. The molecule has 0 radical (unpaired) electrons. The Balaban J connectivity index is 1.03. The van der Waals surface area contributed by atoms with E-state index in [0.29, 0.717) is 0 Å². The number of fused-ring (bicyclic) bond motifs is 8. The summed E-state index contributed by atoms with van der Waals surface area (Å²) in [6.07, 6.45) is 0. The molecule has 0 saturated carbocycles. The van der Waals surface area contributed by atoms with E-state index in [1.807, 2.05) is 23.5 Å². The highest BCUT2D eigenvalue weighted by atomic mass is 32.1. The second kappa shape index (κ2) is 11.2. The third-order valence-electron chi connectivity index (χ3n) is 9.67. The average molecular weight is 644 g/mol. The molecule has 0 bridgehead atoms. The van der Waals surface area contributed by atoms with E-state index in [2.05, 4.69) is 169 Å². The number of hydrogen-bond acceptors (Lipinski definition) is 3. The normalized spacial score (nSPS) is 11.7. The maximum absolute atomic E-state index is 6.19. The Morgan fingerprint density at radius 2 is 1.04 bits per heavy atom. The third-order valence-corrected chi connectivity index (χ3v) is 10.9. The Morgan fingerprint density at radius 3 is 1.86 bits per heavy atom. The largest absolute Gasteiger partial charge is 0.456 e. The molecular formula is C46H29NOS. The molecule has 0 saturated heterocycles. The molecule has 10 aromatic rings. The van der Waals surface area contributed by atoms with Gasteiger partial charge in [0.15, 0.2) is 0 Å². The van der Waals surface area contributed by atoms with Crippen LogP contribution in [0.4, 0.5) is 17.1 Å². The first-order valence-electron chi connectivity index (χ1n) is 16.6. The minimum absolute atomic E-state index is 0.922. The van der Waals surface area contributed by atoms with Crippen LogP contribution in [0.2, 0.25) is 0 Å². The predicted molar refractivity (Wildman–Crippen MR) is 210 cm³/mol. The van der Waals surface area contributed by atoms with Crippen molar-refractivity contribution in [3.8, 4) is 22.3 Å². The average Bonchev–Trinajstić information content (AvgIpc) is 3.75. The van der Waals surface area contributed by atoms with Crippen molar-refractivity contribution >= 4 is 81.3 Å². The van der Waals surface area contributed by atoms with Crippen molar-refractivity contribution in [2.24, 2.45) is 0 Å². The first-order chi connectivity index (χ1) is 24.3. The molecule has 0 aliphatic heterocycles. The van der Waals surface area contributed by atoms with Gasteiger partial charge in [-0.25, -0.2) is 0 Å². The van der Waals surface area contributed by atoms with Crippen molar-refractivity contribution in [2.75, 3.05) is 4.90 Å². The number of hydrogen-bond donors (Lipinski definition) is 0. The van der Waals surface area contributed by atoms with Gasteiger partial charge in [0.25, 0.3) is 0 Å². The highest BCUT2D eigenvalue weighted by molar-refractivity contribution is 7.26. The van der Waals surface area contributed by atoms with Crippen LogP contribution in [0.5, 0.6) is 0 Å². The second-order valence-corrected chi connectivity index (χ2v) is 13.6. The summed E-state index contributed by atoms with van der Waals surface area (Å²) in [6, 6.07) is 63.2. The lowest BCUT2D eigenvalue weighted by Gasteiger charge is -2.26. The minimum atomic E-state index is 0.922. The van der Waals surface area contributed by atoms with Crippen molar-refractivity contribution in [3.63, 3.8) is 0 Å². The van der Waals surface area contributed by atoms with Gasteiger partial charge in [-0.3, -0.25) is 0 Å². The summed E-state index contributed by atoms with van der Waals surface area (Å²) in [4.78, 5) is 2.33. The molecule has 49 heavy (non-hydrogen) atoms. The van der Waals surface area contributed by atoms with Crippen molar-refractivity contribution in [1.29, 1.82) is 0 Å². The van der Waals surface area contributed by atoms with Crippen molar-refractivity contribution in [3.05, 3.63) is 176 Å². The van der Waals surface area contributed by atoms with Gasteiger partial charge in [0, 0.05) is 48.0 Å². The molecule has 0 N–H and O–H groups in total. The number of rotatable bonds is 5. The monoisotopic (exact) mass is 643 g/mol. The third kappa shape index (κ3) is 4.62. The topological polar surface area (TPSA) is 16.4 Å². The molecule has 0 fully saturated rings. The SMILES string of the molecule is c1ccc(N(c2ccc(-c3ccc4ccc5oc6ccccc6c5c4c3)cc2)c2ccc(-c3cccc4c3sc3ccccc34)cc2)cc1. The van der Waals surface area contributed by atoms with Gasteiger partial charge in [0.05, 0.1) is 0 Å². The Labute approximate surface area is 287 Å². The van der Waals surface area contributed by atoms with Crippen LogP contribution in [0.15, 0.2) is 180 Å². The second-order valence-electron chi connectivity index (χ2n) is 12.5. The molecule has 0 unspecified atom stereocenters.